The van der Waals surface area contributed by atoms with Crippen LogP contribution >= 0.6 is 0 Å². The van der Waals surface area contributed by atoms with Gasteiger partial charge in [0.15, 0.2) is 0 Å². The van der Waals surface area contributed by atoms with E-state index in [4.69, 9.17) is 9.47 Å². The molecule has 0 aliphatic heterocycles. The van der Waals surface area contributed by atoms with Gasteiger partial charge in [0.2, 0.25) is 0 Å². The topological polar surface area (TPSA) is 55.8 Å². The summed E-state index contributed by atoms with van der Waals surface area (Å²) in [6.45, 7) is 5.12. The normalized spacial score (nSPS) is 13.5. The van der Waals surface area contributed by atoms with E-state index in [1.165, 1.54) is 77.0 Å². The molecular formula is C53H86O4. The van der Waals surface area contributed by atoms with Crippen LogP contribution in [0.5, 0.6) is 0 Å². The van der Waals surface area contributed by atoms with Crippen molar-refractivity contribution in [1.82, 2.24) is 0 Å². The third kappa shape index (κ3) is 47.1. The molecule has 0 spiro atoms. The molecule has 0 radical (unpaired) electrons. The Kier molecular flexibility index (Phi) is 46.2. The summed E-state index contributed by atoms with van der Waals surface area (Å²) in [7, 11) is 0. The Morgan fingerprint density at radius 2 is 0.789 bits per heavy atom. The number of carbonyl (C=O) groups is 1. The van der Waals surface area contributed by atoms with E-state index in [0.717, 1.165) is 83.5 Å². The van der Waals surface area contributed by atoms with Gasteiger partial charge in [-0.15, -0.1) is 0 Å². The van der Waals surface area contributed by atoms with Crippen LogP contribution in [0.3, 0.4) is 0 Å². The first kappa shape index (κ1) is 53.8. The minimum atomic E-state index is -0.580. The summed E-state index contributed by atoms with van der Waals surface area (Å²) >= 11 is 0. The Balaban J connectivity index is 3.62. The summed E-state index contributed by atoms with van der Waals surface area (Å²) in [6, 6.07) is 0. The molecule has 0 aromatic rings. The number of allylic oxidation sites excluding steroid dienone is 20. The minimum Gasteiger partial charge on any atom is -0.457 e. The third-order valence-electron chi connectivity index (χ3n) is 9.27. The fraction of sp³-hybridized carbons (Fsp3) is 0.604. The molecule has 0 aromatic carbocycles. The highest BCUT2D eigenvalue weighted by Crippen LogP contribution is 2.10. The van der Waals surface area contributed by atoms with E-state index in [1.54, 1.807) is 0 Å². The maximum Gasteiger partial charge on any atom is 0.306 e. The summed E-state index contributed by atoms with van der Waals surface area (Å²) < 4.78 is 11.1. The van der Waals surface area contributed by atoms with E-state index < -0.39 is 6.10 Å². The fourth-order valence-corrected chi connectivity index (χ4v) is 5.85. The lowest BCUT2D eigenvalue weighted by Crippen LogP contribution is -2.27. The molecule has 4 nitrogen and oxygen atoms in total. The summed E-state index contributed by atoms with van der Waals surface area (Å²) in [4.78, 5) is 12.2. The largest absolute Gasteiger partial charge is 0.457 e. The number of rotatable bonds is 41. The molecule has 0 rings (SSSR count). The van der Waals surface area contributed by atoms with Gasteiger partial charge in [-0.25, -0.2) is 0 Å². The Morgan fingerprint density at radius 3 is 1.19 bits per heavy atom. The highest BCUT2D eigenvalue weighted by molar-refractivity contribution is 5.69. The van der Waals surface area contributed by atoms with E-state index in [9.17, 15) is 9.90 Å². The number of esters is 1. The van der Waals surface area contributed by atoms with Crippen molar-refractivity contribution in [1.29, 1.82) is 0 Å². The van der Waals surface area contributed by atoms with Crippen molar-refractivity contribution in [2.45, 2.75) is 187 Å². The van der Waals surface area contributed by atoms with E-state index in [2.05, 4.69) is 135 Å². The van der Waals surface area contributed by atoms with Gasteiger partial charge in [0.25, 0.3) is 0 Å². The molecule has 0 amide bonds. The second-order valence-electron chi connectivity index (χ2n) is 14.7. The van der Waals surface area contributed by atoms with Crippen molar-refractivity contribution in [2.75, 3.05) is 19.8 Å². The lowest BCUT2D eigenvalue weighted by atomic mass is 10.1. The quantitative estimate of drug-likeness (QED) is 0.0381. The summed E-state index contributed by atoms with van der Waals surface area (Å²) in [5, 5.41) is 9.62. The molecule has 0 aliphatic carbocycles. The molecule has 0 aromatic heterocycles. The zero-order valence-corrected chi connectivity index (χ0v) is 36.8. The van der Waals surface area contributed by atoms with Crippen LogP contribution in [0.25, 0.3) is 0 Å². The molecule has 57 heavy (non-hydrogen) atoms. The molecule has 322 valence electrons. The first-order valence-corrected chi connectivity index (χ1v) is 23.1. The van der Waals surface area contributed by atoms with Gasteiger partial charge in [-0.2, -0.15) is 0 Å². The van der Waals surface area contributed by atoms with Crippen LogP contribution in [0.15, 0.2) is 122 Å². The van der Waals surface area contributed by atoms with Crippen LogP contribution in [-0.4, -0.2) is 37.0 Å². The Labute approximate surface area is 352 Å². The van der Waals surface area contributed by atoms with Gasteiger partial charge in [0, 0.05) is 13.0 Å². The molecule has 0 aliphatic rings. The van der Waals surface area contributed by atoms with Crippen molar-refractivity contribution >= 4 is 5.97 Å². The Bertz CT molecular complexity index is 1150. The monoisotopic (exact) mass is 787 g/mol. The lowest BCUT2D eigenvalue weighted by Gasteiger charge is -2.15. The first-order valence-electron chi connectivity index (χ1n) is 23.1. The van der Waals surface area contributed by atoms with Crippen LogP contribution in [0, 0.1) is 0 Å². The number of unbranched alkanes of at least 4 members (excludes halogenated alkanes) is 13. The highest BCUT2D eigenvalue weighted by Gasteiger charge is 2.13. The van der Waals surface area contributed by atoms with Crippen molar-refractivity contribution in [3.63, 3.8) is 0 Å². The third-order valence-corrected chi connectivity index (χ3v) is 9.27. The van der Waals surface area contributed by atoms with Crippen LogP contribution in [0.2, 0.25) is 0 Å². The molecule has 0 saturated carbocycles. The molecule has 1 atom stereocenters. The molecule has 1 N–H and O–H groups in total. The Morgan fingerprint density at radius 1 is 0.439 bits per heavy atom. The first-order chi connectivity index (χ1) is 28.2. The molecule has 0 saturated heterocycles. The standard InChI is InChI=1S/C53H86O4/c1-3-5-7-9-11-13-15-17-19-21-23-25-27-28-30-32-34-36-38-40-42-44-46-48-53(55)57-52(50-54)51-56-49-47-45-43-41-39-37-35-33-31-29-26-24-22-20-18-16-14-12-10-8-6-4-2/h5,7,11,13,16-19,22-25,28-31,34,36,40,42,52,54H,3-4,6,8-10,12,14-15,20-21,26-27,32-33,35,37-39,41,43-51H2,1-2H3/b7-5-,13-11-,18-16-,19-17-,24-22-,25-23-,30-28-,31-29-,36-34-,42-40-. The SMILES string of the molecule is CC/C=C\C/C=C\C/C=C\C/C=C\C/C=C\C/C=C\C/C=C\CCCC(=O)OC(CO)COCCCCCCCCC/C=C\C/C=C\C/C=C\CCCCCCC. The van der Waals surface area contributed by atoms with E-state index in [-0.39, 0.29) is 19.2 Å². The van der Waals surface area contributed by atoms with Crippen LogP contribution < -0.4 is 0 Å². The van der Waals surface area contributed by atoms with E-state index >= 15 is 0 Å². The summed E-state index contributed by atoms with van der Waals surface area (Å²) in [5.41, 5.74) is 0. The maximum atomic E-state index is 12.2. The van der Waals surface area contributed by atoms with Gasteiger partial charge >= 0.3 is 5.97 Å². The van der Waals surface area contributed by atoms with E-state index in [0.29, 0.717) is 13.0 Å². The summed E-state index contributed by atoms with van der Waals surface area (Å²) in [5.74, 6) is -0.266. The van der Waals surface area contributed by atoms with Gasteiger partial charge in [-0.3, -0.25) is 4.79 Å². The van der Waals surface area contributed by atoms with Crippen molar-refractivity contribution < 1.29 is 19.4 Å². The highest BCUT2D eigenvalue weighted by atomic mass is 16.6. The second kappa shape index (κ2) is 48.9. The van der Waals surface area contributed by atoms with Gasteiger partial charge in [0.05, 0.1) is 13.2 Å². The smallest absolute Gasteiger partial charge is 0.306 e. The molecule has 0 bridgehead atoms. The molecule has 0 fully saturated rings. The lowest BCUT2D eigenvalue weighted by molar-refractivity contribution is -0.154. The van der Waals surface area contributed by atoms with Gasteiger partial charge in [0.1, 0.15) is 6.10 Å². The number of carbonyl (C=O) groups excluding carboxylic acids is 1. The number of aliphatic hydroxyl groups excluding tert-OH is 1. The van der Waals surface area contributed by atoms with Crippen LogP contribution in [0.4, 0.5) is 0 Å². The number of hydrogen-bond acceptors (Lipinski definition) is 4. The molecule has 1 unspecified atom stereocenters. The average molecular weight is 787 g/mol. The molecular weight excluding hydrogens is 701 g/mol. The van der Waals surface area contributed by atoms with Gasteiger partial charge in [-0.05, 0) is 103 Å². The van der Waals surface area contributed by atoms with Crippen molar-refractivity contribution in [3.8, 4) is 0 Å². The van der Waals surface area contributed by atoms with Crippen molar-refractivity contribution in [3.05, 3.63) is 122 Å². The fourth-order valence-electron chi connectivity index (χ4n) is 5.85. The minimum absolute atomic E-state index is 0.208. The maximum absolute atomic E-state index is 12.2. The van der Waals surface area contributed by atoms with E-state index in [1.807, 2.05) is 0 Å². The number of aliphatic hydroxyl groups is 1. The number of hydrogen-bond donors (Lipinski definition) is 1. The number of ether oxygens (including phenoxy) is 2. The summed E-state index contributed by atoms with van der Waals surface area (Å²) in [6.07, 6.45) is 72.7. The predicted octanol–water partition coefficient (Wildman–Crippen LogP) is 15.7. The second-order valence-corrected chi connectivity index (χ2v) is 14.7. The molecule has 4 heteroatoms. The Hall–Kier alpha value is -3.21. The van der Waals surface area contributed by atoms with Gasteiger partial charge < -0.3 is 14.6 Å². The predicted molar refractivity (Wildman–Crippen MR) is 251 cm³/mol. The zero-order chi connectivity index (χ0) is 41.2. The molecule has 0 heterocycles. The van der Waals surface area contributed by atoms with Gasteiger partial charge in [-0.1, -0.05) is 193 Å². The average Bonchev–Trinajstić information content (AvgIpc) is 3.22. The van der Waals surface area contributed by atoms with Crippen molar-refractivity contribution in [2.24, 2.45) is 0 Å². The van der Waals surface area contributed by atoms with Crippen LogP contribution in [0.1, 0.15) is 181 Å². The van der Waals surface area contributed by atoms with Crippen LogP contribution in [-0.2, 0) is 14.3 Å². The zero-order valence-electron chi connectivity index (χ0n) is 36.8.